The van der Waals surface area contributed by atoms with E-state index in [0.717, 1.165) is 16.5 Å². The molecule has 0 bridgehead atoms. The summed E-state index contributed by atoms with van der Waals surface area (Å²) in [6.07, 6.45) is 3.13. The first-order valence-electron chi connectivity index (χ1n) is 6.13. The van der Waals surface area contributed by atoms with Crippen molar-refractivity contribution in [2.24, 2.45) is 5.73 Å². The van der Waals surface area contributed by atoms with Crippen LogP contribution in [0, 0.1) is 0 Å². The highest BCUT2D eigenvalue weighted by Crippen LogP contribution is 2.27. The highest BCUT2D eigenvalue weighted by atomic mass is 35.5. The van der Waals surface area contributed by atoms with E-state index >= 15 is 0 Å². The van der Waals surface area contributed by atoms with Gasteiger partial charge in [-0.15, -0.1) is 0 Å². The fraction of sp³-hybridized carbons (Fsp3) is 0.0667. The maximum Gasteiger partial charge on any atom is 0.224 e. The zero-order valence-corrected chi connectivity index (χ0v) is 11.3. The van der Waals surface area contributed by atoms with E-state index in [2.05, 4.69) is 9.97 Å². The summed E-state index contributed by atoms with van der Waals surface area (Å²) < 4.78 is 5.75. The van der Waals surface area contributed by atoms with Gasteiger partial charge in [0.25, 0.3) is 0 Å². The van der Waals surface area contributed by atoms with Crippen LogP contribution in [0.4, 0.5) is 0 Å². The SMILES string of the molecule is NCc1cc2ccccc2nc1Oc1cncc(Cl)c1. The molecule has 0 fully saturated rings. The smallest absolute Gasteiger partial charge is 0.224 e. The van der Waals surface area contributed by atoms with Crippen LogP contribution in [0.5, 0.6) is 11.6 Å². The number of para-hydroxylation sites is 1. The molecule has 1 aromatic carbocycles. The van der Waals surface area contributed by atoms with Crippen LogP contribution in [0.25, 0.3) is 10.9 Å². The Balaban J connectivity index is 2.05. The van der Waals surface area contributed by atoms with E-state index in [1.54, 1.807) is 18.5 Å². The van der Waals surface area contributed by atoms with E-state index in [1.165, 1.54) is 0 Å². The predicted molar refractivity (Wildman–Crippen MR) is 79.0 cm³/mol. The minimum absolute atomic E-state index is 0.348. The fourth-order valence-corrected chi connectivity index (χ4v) is 2.10. The maximum absolute atomic E-state index is 5.89. The van der Waals surface area contributed by atoms with Crippen molar-refractivity contribution in [2.45, 2.75) is 6.54 Å². The van der Waals surface area contributed by atoms with Crippen LogP contribution in [-0.2, 0) is 6.54 Å². The number of ether oxygens (including phenoxy) is 1. The summed E-state index contributed by atoms with van der Waals surface area (Å²) in [4.78, 5) is 8.48. The van der Waals surface area contributed by atoms with E-state index < -0.39 is 0 Å². The molecular weight excluding hydrogens is 274 g/mol. The number of hydrogen-bond donors (Lipinski definition) is 1. The second-order valence-electron chi connectivity index (χ2n) is 4.29. The first kappa shape index (κ1) is 12.8. The molecule has 0 atom stereocenters. The molecule has 2 heterocycles. The lowest BCUT2D eigenvalue weighted by molar-refractivity contribution is 0.456. The Kier molecular flexibility index (Phi) is 3.50. The normalized spacial score (nSPS) is 10.7. The molecule has 2 N–H and O–H groups in total. The van der Waals surface area contributed by atoms with Gasteiger partial charge in [-0.3, -0.25) is 4.98 Å². The van der Waals surface area contributed by atoms with E-state index in [9.17, 15) is 0 Å². The zero-order valence-electron chi connectivity index (χ0n) is 10.6. The van der Waals surface area contributed by atoms with Crippen molar-refractivity contribution in [1.82, 2.24) is 9.97 Å². The Morgan fingerprint density at radius 3 is 2.80 bits per heavy atom. The van der Waals surface area contributed by atoms with Crippen LogP contribution in [0.15, 0.2) is 48.8 Å². The Labute approximate surface area is 121 Å². The number of aromatic nitrogens is 2. The monoisotopic (exact) mass is 285 g/mol. The minimum atomic E-state index is 0.348. The topological polar surface area (TPSA) is 61.0 Å². The summed E-state index contributed by atoms with van der Waals surface area (Å²) in [6, 6.07) is 11.5. The van der Waals surface area contributed by atoms with Crippen molar-refractivity contribution in [2.75, 3.05) is 0 Å². The van der Waals surface area contributed by atoms with Crippen molar-refractivity contribution >= 4 is 22.5 Å². The second kappa shape index (κ2) is 5.45. The van der Waals surface area contributed by atoms with Gasteiger partial charge in [0, 0.05) is 29.8 Å². The molecule has 5 heteroatoms. The fourth-order valence-electron chi connectivity index (χ4n) is 1.94. The number of fused-ring (bicyclic) bond motifs is 1. The first-order chi connectivity index (χ1) is 9.76. The number of nitrogens with zero attached hydrogens (tertiary/aromatic N) is 2. The van der Waals surface area contributed by atoms with Gasteiger partial charge in [0.15, 0.2) is 0 Å². The molecule has 0 saturated heterocycles. The van der Waals surface area contributed by atoms with Crippen LogP contribution < -0.4 is 10.5 Å². The van der Waals surface area contributed by atoms with Gasteiger partial charge in [0.2, 0.25) is 5.88 Å². The van der Waals surface area contributed by atoms with Gasteiger partial charge >= 0.3 is 0 Å². The predicted octanol–water partition coefficient (Wildman–Crippen LogP) is 3.53. The molecule has 0 spiro atoms. The van der Waals surface area contributed by atoms with Crippen LogP contribution in [-0.4, -0.2) is 9.97 Å². The number of benzene rings is 1. The number of halogens is 1. The quantitative estimate of drug-likeness (QED) is 0.799. The van der Waals surface area contributed by atoms with Crippen molar-refractivity contribution < 1.29 is 4.74 Å². The molecule has 0 amide bonds. The molecule has 0 unspecified atom stereocenters. The molecule has 4 nitrogen and oxygen atoms in total. The lowest BCUT2D eigenvalue weighted by Gasteiger charge is -2.10. The van der Waals surface area contributed by atoms with E-state index in [0.29, 0.717) is 23.2 Å². The number of rotatable bonds is 3. The van der Waals surface area contributed by atoms with Crippen LogP contribution >= 0.6 is 11.6 Å². The molecule has 0 radical (unpaired) electrons. The average molecular weight is 286 g/mol. The van der Waals surface area contributed by atoms with Crippen LogP contribution in [0.3, 0.4) is 0 Å². The van der Waals surface area contributed by atoms with E-state index in [-0.39, 0.29) is 0 Å². The van der Waals surface area contributed by atoms with Crippen molar-refractivity contribution in [3.63, 3.8) is 0 Å². The Bertz CT molecular complexity index is 761. The molecule has 0 aliphatic rings. The van der Waals surface area contributed by atoms with Gasteiger partial charge in [-0.25, -0.2) is 4.98 Å². The minimum Gasteiger partial charge on any atom is -0.437 e. The number of nitrogens with two attached hydrogens (primary N) is 1. The standard InChI is InChI=1S/C15H12ClN3O/c16-12-6-13(9-18-8-12)20-15-11(7-17)5-10-3-1-2-4-14(10)19-15/h1-6,8-9H,7,17H2. The summed E-state index contributed by atoms with van der Waals surface area (Å²) in [5, 5.41) is 1.54. The van der Waals surface area contributed by atoms with Gasteiger partial charge in [0.1, 0.15) is 5.75 Å². The molecule has 2 aromatic heterocycles. The lowest BCUT2D eigenvalue weighted by Crippen LogP contribution is -2.02. The third kappa shape index (κ3) is 2.57. The summed E-state index contributed by atoms with van der Waals surface area (Å²) in [5.74, 6) is 1.02. The molecule has 0 aliphatic carbocycles. The van der Waals surface area contributed by atoms with Gasteiger partial charge in [0.05, 0.1) is 16.7 Å². The highest BCUT2D eigenvalue weighted by Gasteiger charge is 2.08. The lowest BCUT2D eigenvalue weighted by atomic mass is 10.1. The second-order valence-corrected chi connectivity index (χ2v) is 4.73. The molecule has 100 valence electrons. The van der Waals surface area contributed by atoms with Gasteiger partial charge in [-0.05, 0) is 12.1 Å². The zero-order chi connectivity index (χ0) is 13.9. The Morgan fingerprint density at radius 1 is 1.15 bits per heavy atom. The van der Waals surface area contributed by atoms with Crippen LogP contribution in [0.1, 0.15) is 5.56 Å². The highest BCUT2D eigenvalue weighted by molar-refractivity contribution is 6.30. The molecule has 0 aliphatic heterocycles. The van der Waals surface area contributed by atoms with Gasteiger partial charge in [-0.1, -0.05) is 29.8 Å². The molecule has 3 rings (SSSR count). The molecule has 0 saturated carbocycles. The molecule has 20 heavy (non-hydrogen) atoms. The summed E-state index contributed by atoms with van der Waals surface area (Å²) >= 11 is 5.89. The van der Waals surface area contributed by atoms with Gasteiger partial charge in [-0.2, -0.15) is 0 Å². The Morgan fingerprint density at radius 2 is 2.00 bits per heavy atom. The summed E-state index contributed by atoms with van der Waals surface area (Å²) in [5.41, 5.74) is 7.46. The van der Waals surface area contributed by atoms with Crippen molar-refractivity contribution in [1.29, 1.82) is 0 Å². The largest absolute Gasteiger partial charge is 0.437 e. The number of hydrogen-bond acceptors (Lipinski definition) is 4. The van der Waals surface area contributed by atoms with Gasteiger partial charge < -0.3 is 10.5 Å². The summed E-state index contributed by atoms with van der Waals surface area (Å²) in [7, 11) is 0. The molecular formula is C15H12ClN3O. The van der Waals surface area contributed by atoms with Crippen molar-refractivity contribution in [3.8, 4) is 11.6 Å². The van der Waals surface area contributed by atoms with Crippen molar-refractivity contribution in [3.05, 3.63) is 59.4 Å². The summed E-state index contributed by atoms with van der Waals surface area (Å²) in [6.45, 7) is 0.348. The number of pyridine rings is 2. The average Bonchev–Trinajstić information content (AvgIpc) is 2.46. The van der Waals surface area contributed by atoms with Crippen LogP contribution in [0.2, 0.25) is 5.02 Å². The Hall–Kier alpha value is -2.17. The molecule has 3 aromatic rings. The maximum atomic E-state index is 5.89. The third-order valence-corrected chi connectivity index (χ3v) is 3.08. The van der Waals surface area contributed by atoms with E-state index in [1.807, 2.05) is 30.3 Å². The van der Waals surface area contributed by atoms with E-state index in [4.69, 9.17) is 22.1 Å². The first-order valence-corrected chi connectivity index (χ1v) is 6.51. The third-order valence-electron chi connectivity index (χ3n) is 2.88.